The average molecular weight is 296 g/mol. The van der Waals surface area contributed by atoms with Gasteiger partial charge < -0.3 is 25.3 Å². The molecule has 4 N–H and O–H groups in total. The standard InChI is InChI=1S/C11H12N4O4S/c12-9-8-5(11(17)18)1-15(10(8)14-4-13-9)6-3-20-7(2-16)19-6/h1,4,6-7,16H,2-3H2,(H,17,18)(H2,12,13,14)/t6-,7+/m1/s1. The number of aliphatic hydroxyl groups is 1. The second-order valence-electron chi connectivity index (χ2n) is 4.25. The highest BCUT2D eigenvalue weighted by Crippen LogP contribution is 2.35. The molecule has 3 heterocycles. The maximum absolute atomic E-state index is 11.3. The van der Waals surface area contributed by atoms with Crippen molar-refractivity contribution in [2.75, 3.05) is 18.1 Å². The van der Waals surface area contributed by atoms with E-state index in [1.54, 1.807) is 4.57 Å². The van der Waals surface area contributed by atoms with Gasteiger partial charge in [-0.2, -0.15) is 0 Å². The Kier molecular flexibility index (Phi) is 3.24. The summed E-state index contributed by atoms with van der Waals surface area (Å²) in [4.78, 5) is 19.2. The van der Waals surface area contributed by atoms with Crippen molar-refractivity contribution in [2.24, 2.45) is 0 Å². The number of hydrogen-bond acceptors (Lipinski definition) is 7. The third-order valence-corrected chi connectivity index (χ3v) is 4.17. The first kappa shape index (κ1) is 13.2. The van der Waals surface area contributed by atoms with Crippen LogP contribution >= 0.6 is 11.8 Å². The van der Waals surface area contributed by atoms with E-state index in [-0.39, 0.29) is 29.7 Å². The van der Waals surface area contributed by atoms with Crippen LogP contribution in [0.15, 0.2) is 12.5 Å². The Balaban J connectivity index is 2.12. The van der Waals surface area contributed by atoms with Gasteiger partial charge in [-0.1, -0.05) is 0 Å². The Morgan fingerprint density at radius 3 is 3.05 bits per heavy atom. The molecule has 9 heteroatoms. The van der Waals surface area contributed by atoms with Crippen LogP contribution in [-0.4, -0.2) is 48.5 Å². The molecule has 1 aliphatic heterocycles. The van der Waals surface area contributed by atoms with Gasteiger partial charge in [-0.15, -0.1) is 11.8 Å². The molecule has 0 spiro atoms. The highest BCUT2D eigenvalue weighted by Gasteiger charge is 2.30. The smallest absolute Gasteiger partial charge is 0.338 e. The Labute approximate surface area is 117 Å². The predicted octanol–water partition coefficient (Wildman–Crippen LogP) is 0.292. The molecule has 0 aliphatic carbocycles. The molecule has 3 rings (SSSR count). The number of aliphatic hydroxyl groups excluding tert-OH is 1. The van der Waals surface area contributed by atoms with E-state index >= 15 is 0 Å². The van der Waals surface area contributed by atoms with Crippen LogP contribution < -0.4 is 5.73 Å². The number of hydrogen-bond donors (Lipinski definition) is 3. The topological polar surface area (TPSA) is 123 Å². The number of nitrogens with zero attached hydrogens (tertiary/aromatic N) is 3. The molecule has 2 aromatic heterocycles. The molecule has 106 valence electrons. The number of carboxylic acids is 1. The monoisotopic (exact) mass is 296 g/mol. The fraction of sp³-hybridized carbons (Fsp3) is 0.364. The SMILES string of the molecule is Nc1ncnc2c1c(C(=O)O)cn2[C@H]1CS[C@@H](CO)O1. The Morgan fingerprint density at radius 1 is 1.60 bits per heavy atom. The first-order chi connectivity index (χ1) is 9.61. The lowest BCUT2D eigenvalue weighted by Crippen LogP contribution is -2.14. The number of thioether (sulfide) groups is 1. The van der Waals surface area contributed by atoms with Crippen molar-refractivity contribution in [3.05, 3.63) is 18.1 Å². The summed E-state index contributed by atoms with van der Waals surface area (Å²) in [6, 6.07) is 0. The largest absolute Gasteiger partial charge is 0.478 e. The molecule has 0 radical (unpaired) electrons. The van der Waals surface area contributed by atoms with E-state index in [1.165, 1.54) is 24.3 Å². The Morgan fingerprint density at radius 2 is 2.40 bits per heavy atom. The molecule has 0 bridgehead atoms. The summed E-state index contributed by atoms with van der Waals surface area (Å²) in [7, 11) is 0. The second kappa shape index (κ2) is 4.93. The Hall–Kier alpha value is -1.84. The molecule has 20 heavy (non-hydrogen) atoms. The number of carboxylic acid groups (broad SMARTS) is 1. The van der Waals surface area contributed by atoms with Crippen molar-refractivity contribution < 1.29 is 19.7 Å². The van der Waals surface area contributed by atoms with Gasteiger partial charge in [0.05, 0.1) is 17.6 Å². The minimum Gasteiger partial charge on any atom is -0.478 e. The molecule has 0 unspecified atom stereocenters. The summed E-state index contributed by atoms with van der Waals surface area (Å²) in [6.45, 7) is -0.0940. The van der Waals surface area contributed by atoms with Gasteiger partial charge in [0.15, 0.2) is 0 Å². The van der Waals surface area contributed by atoms with E-state index in [4.69, 9.17) is 15.6 Å². The van der Waals surface area contributed by atoms with E-state index in [2.05, 4.69) is 9.97 Å². The number of rotatable bonds is 3. The molecular formula is C11H12N4O4S. The number of ether oxygens (including phenoxy) is 1. The van der Waals surface area contributed by atoms with E-state index < -0.39 is 5.97 Å². The minimum absolute atomic E-state index is 0.0409. The van der Waals surface area contributed by atoms with Crippen LogP contribution in [0.25, 0.3) is 11.0 Å². The minimum atomic E-state index is -1.10. The third-order valence-electron chi connectivity index (χ3n) is 3.06. The third kappa shape index (κ3) is 1.99. The van der Waals surface area contributed by atoms with Crippen molar-refractivity contribution in [1.82, 2.24) is 14.5 Å². The first-order valence-corrected chi connectivity index (χ1v) is 6.89. The van der Waals surface area contributed by atoms with Gasteiger partial charge in [0, 0.05) is 11.9 Å². The van der Waals surface area contributed by atoms with Crippen molar-refractivity contribution in [3.8, 4) is 0 Å². The van der Waals surface area contributed by atoms with Crippen molar-refractivity contribution in [3.63, 3.8) is 0 Å². The number of nitrogen functional groups attached to an aromatic ring is 1. The zero-order valence-electron chi connectivity index (χ0n) is 10.3. The lowest BCUT2D eigenvalue weighted by atomic mass is 10.2. The fourth-order valence-corrected chi connectivity index (χ4v) is 3.11. The summed E-state index contributed by atoms with van der Waals surface area (Å²) in [5.41, 5.74) is 5.89. The summed E-state index contributed by atoms with van der Waals surface area (Å²) < 4.78 is 7.24. The fourth-order valence-electron chi connectivity index (χ4n) is 2.18. The van der Waals surface area contributed by atoms with Gasteiger partial charge in [0.1, 0.15) is 29.5 Å². The van der Waals surface area contributed by atoms with E-state index in [9.17, 15) is 9.90 Å². The molecule has 2 atom stereocenters. The van der Waals surface area contributed by atoms with Gasteiger partial charge >= 0.3 is 5.97 Å². The number of aromatic carboxylic acids is 1. The molecular weight excluding hydrogens is 284 g/mol. The summed E-state index contributed by atoms with van der Waals surface area (Å²) in [5, 5.41) is 18.6. The van der Waals surface area contributed by atoms with E-state index in [0.29, 0.717) is 16.8 Å². The Bertz CT molecular complexity index is 674. The normalized spacial score (nSPS) is 22.4. The first-order valence-electron chi connectivity index (χ1n) is 5.84. The van der Waals surface area contributed by atoms with Gasteiger partial charge in [-0.05, 0) is 0 Å². The number of nitrogens with two attached hydrogens (primary N) is 1. The number of anilines is 1. The maximum atomic E-state index is 11.3. The average Bonchev–Trinajstić information content (AvgIpc) is 3.02. The molecule has 1 saturated heterocycles. The van der Waals surface area contributed by atoms with Crippen LogP contribution in [0, 0.1) is 0 Å². The molecule has 8 nitrogen and oxygen atoms in total. The van der Waals surface area contributed by atoms with Gasteiger partial charge in [0.2, 0.25) is 0 Å². The lowest BCUT2D eigenvalue weighted by molar-refractivity contribution is -0.00169. The molecule has 0 amide bonds. The van der Waals surface area contributed by atoms with E-state index in [1.807, 2.05) is 0 Å². The quantitative estimate of drug-likeness (QED) is 0.738. The van der Waals surface area contributed by atoms with Crippen LogP contribution in [0.3, 0.4) is 0 Å². The zero-order chi connectivity index (χ0) is 14.3. The van der Waals surface area contributed by atoms with Crippen LogP contribution in [0.4, 0.5) is 5.82 Å². The molecule has 0 saturated carbocycles. The number of aromatic nitrogens is 3. The predicted molar refractivity (Wildman–Crippen MR) is 72.4 cm³/mol. The summed E-state index contributed by atoms with van der Waals surface area (Å²) in [5.74, 6) is -0.382. The highest BCUT2D eigenvalue weighted by molar-refractivity contribution is 8.00. The molecule has 1 aliphatic rings. The van der Waals surface area contributed by atoms with Gasteiger partial charge in [-0.25, -0.2) is 14.8 Å². The van der Waals surface area contributed by atoms with Crippen molar-refractivity contribution >= 4 is 34.6 Å². The number of carbonyl (C=O) groups is 1. The van der Waals surface area contributed by atoms with Crippen LogP contribution in [0.1, 0.15) is 16.6 Å². The van der Waals surface area contributed by atoms with Crippen LogP contribution in [0.5, 0.6) is 0 Å². The molecule has 0 aromatic carbocycles. The summed E-state index contributed by atoms with van der Waals surface area (Å²) in [6.07, 6.45) is 2.34. The van der Waals surface area contributed by atoms with E-state index in [0.717, 1.165) is 0 Å². The number of fused-ring (bicyclic) bond motifs is 1. The lowest BCUT2D eigenvalue weighted by Gasteiger charge is -2.13. The van der Waals surface area contributed by atoms with Crippen molar-refractivity contribution in [1.29, 1.82) is 0 Å². The highest BCUT2D eigenvalue weighted by atomic mass is 32.2. The zero-order valence-corrected chi connectivity index (χ0v) is 11.1. The molecule has 2 aromatic rings. The second-order valence-corrected chi connectivity index (χ2v) is 5.44. The molecule has 1 fully saturated rings. The van der Waals surface area contributed by atoms with Gasteiger partial charge in [0.25, 0.3) is 0 Å². The summed E-state index contributed by atoms with van der Waals surface area (Å²) >= 11 is 1.46. The van der Waals surface area contributed by atoms with Crippen LogP contribution in [0.2, 0.25) is 0 Å². The van der Waals surface area contributed by atoms with Crippen molar-refractivity contribution in [2.45, 2.75) is 11.7 Å². The van der Waals surface area contributed by atoms with Crippen LogP contribution in [-0.2, 0) is 4.74 Å². The van der Waals surface area contributed by atoms with Gasteiger partial charge in [-0.3, -0.25) is 0 Å². The maximum Gasteiger partial charge on any atom is 0.338 e.